The highest BCUT2D eigenvalue weighted by Crippen LogP contribution is 2.24. The first-order chi connectivity index (χ1) is 11.7. The lowest BCUT2D eigenvalue weighted by Crippen LogP contribution is -2.49. The molecular formula is C19H33N3O2. The van der Waals surface area contributed by atoms with Gasteiger partial charge >= 0.3 is 0 Å². The highest BCUT2D eigenvalue weighted by atomic mass is 16.2. The average Bonchev–Trinajstić information content (AvgIpc) is 2.65. The molecule has 24 heavy (non-hydrogen) atoms. The third-order valence-corrected chi connectivity index (χ3v) is 5.98. The van der Waals surface area contributed by atoms with E-state index in [9.17, 15) is 9.59 Å². The van der Waals surface area contributed by atoms with Crippen LogP contribution in [0.4, 0.5) is 0 Å². The summed E-state index contributed by atoms with van der Waals surface area (Å²) < 4.78 is 0. The minimum absolute atomic E-state index is 0.248. The van der Waals surface area contributed by atoms with Crippen molar-refractivity contribution in [3.8, 4) is 0 Å². The Kier molecular flexibility index (Phi) is 6.52. The van der Waals surface area contributed by atoms with Gasteiger partial charge in [-0.2, -0.15) is 0 Å². The van der Waals surface area contributed by atoms with E-state index < -0.39 is 0 Å². The molecule has 0 aromatic heterocycles. The summed E-state index contributed by atoms with van der Waals surface area (Å²) >= 11 is 0. The van der Waals surface area contributed by atoms with Gasteiger partial charge in [-0.1, -0.05) is 19.3 Å². The SMILES string of the molecule is O=C(NC1CCN(CC(=O)N2CCCCC2)CC1)C1CCCCC1. The maximum atomic E-state index is 12.3. The normalized spacial score (nSPS) is 24.8. The second-order valence-corrected chi connectivity index (χ2v) is 7.84. The number of carbonyl (C=O) groups excluding carboxylic acids is 2. The van der Waals surface area contributed by atoms with Crippen molar-refractivity contribution in [3.63, 3.8) is 0 Å². The first-order valence-corrected chi connectivity index (χ1v) is 10.0. The van der Waals surface area contributed by atoms with Gasteiger partial charge in [-0.15, -0.1) is 0 Å². The second-order valence-electron chi connectivity index (χ2n) is 7.84. The Balaban J connectivity index is 1.36. The predicted molar refractivity (Wildman–Crippen MR) is 94.6 cm³/mol. The van der Waals surface area contributed by atoms with E-state index in [2.05, 4.69) is 10.2 Å². The van der Waals surface area contributed by atoms with Crippen molar-refractivity contribution < 1.29 is 9.59 Å². The van der Waals surface area contributed by atoms with Crippen molar-refractivity contribution in [1.82, 2.24) is 15.1 Å². The van der Waals surface area contributed by atoms with E-state index in [-0.39, 0.29) is 11.8 Å². The van der Waals surface area contributed by atoms with Crippen LogP contribution >= 0.6 is 0 Å². The fourth-order valence-electron chi connectivity index (χ4n) is 4.35. The lowest BCUT2D eigenvalue weighted by atomic mass is 9.88. The van der Waals surface area contributed by atoms with Crippen molar-refractivity contribution >= 4 is 11.8 Å². The zero-order valence-electron chi connectivity index (χ0n) is 15.0. The molecule has 1 aliphatic carbocycles. The third kappa shape index (κ3) is 4.95. The Morgan fingerprint density at radius 2 is 1.42 bits per heavy atom. The van der Waals surface area contributed by atoms with Crippen molar-refractivity contribution in [2.75, 3.05) is 32.7 Å². The van der Waals surface area contributed by atoms with Gasteiger partial charge in [0.05, 0.1) is 6.54 Å². The molecule has 3 fully saturated rings. The number of hydrogen-bond acceptors (Lipinski definition) is 3. The Hall–Kier alpha value is -1.10. The van der Waals surface area contributed by atoms with Crippen LogP contribution < -0.4 is 5.32 Å². The monoisotopic (exact) mass is 335 g/mol. The van der Waals surface area contributed by atoms with E-state index in [1.54, 1.807) is 0 Å². The molecule has 0 bridgehead atoms. The lowest BCUT2D eigenvalue weighted by molar-refractivity contribution is -0.134. The first kappa shape index (κ1) is 17.7. The molecule has 2 heterocycles. The van der Waals surface area contributed by atoms with Gasteiger partial charge in [0, 0.05) is 38.1 Å². The number of amides is 2. The van der Waals surface area contributed by atoms with Gasteiger partial charge < -0.3 is 10.2 Å². The van der Waals surface area contributed by atoms with Crippen LogP contribution in [-0.4, -0.2) is 60.4 Å². The molecule has 1 N–H and O–H groups in total. The van der Waals surface area contributed by atoms with E-state index in [0.29, 0.717) is 18.5 Å². The number of nitrogens with one attached hydrogen (secondary N) is 1. The number of likely N-dealkylation sites (tertiary alicyclic amines) is 2. The molecule has 2 saturated heterocycles. The Labute approximate surface area is 146 Å². The molecule has 5 heteroatoms. The van der Waals surface area contributed by atoms with Crippen molar-refractivity contribution in [1.29, 1.82) is 0 Å². The van der Waals surface area contributed by atoms with Crippen LogP contribution in [0.2, 0.25) is 0 Å². The highest BCUT2D eigenvalue weighted by Gasteiger charge is 2.27. The van der Waals surface area contributed by atoms with Gasteiger partial charge in [0.15, 0.2) is 0 Å². The van der Waals surface area contributed by atoms with Crippen molar-refractivity contribution in [2.45, 2.75) is 70.3 Å². The number of rotatable bonds is 4. The van der Waals surface area contributed by atoms with Crippen LogP contribution in [-0.2, 0) is 9.59 Å². The highest BCUT2D eigenvalue weighted by molar-refractivity contribution is 5.79. The molecule has 0 atom stereocenters. The number of piperidine rings is 2. The molecule has 136 valence electrons. The minimum atomic E-state index is 0.248. The predicted octanol–water partition coefficient (Wildman–Crippen LogP) is 2.16. The average molecular weight is 335 g/mol. The standard InChI is InChI=1S/C19H33N3O2/c23-18(22-11-5-2-6-12-22)15-21-13-9-17(10-14-21)20-19(24)16-7-3-1-4-8-16/h16-17H,1-15H2,(H,20,24). The maximum Gasteiger partial charge on any atom is 0.236 e. The number of carbonyl (C=O) groups is 2. The van der Waals surface area contributed by atoms with E-state index in [1.807, 2.05) is 4.90 Å². The summed E-state index contributed by atoms with van der Waals surface area (Å²) in [5.41, 5.74) is 0. The van der Waals surface area contributed by atoms with Gasteiger partial charge in [0.2, 0.25) is 11.8 Å². The Morgan fingerprint density at radius 1 is 0.792 bits per heavy atom. The molecule has 5 nitrogen and oxygen atoms in total. The van der Waals surface area contributed by atoms with Crippen molar-refractivity contribution in [2.24, 2.45) is 5.92 Å². The number of hydrogen-bond donors (Lipinski definition) is 1. The molecule has 0 aromatic rings. The second kappa shape index (κ2) is 8.84. The van der Waals surface area contributed by atoms with Crippen LogP contribution in [0.1, 0.15) is 64.2 Å². The minimum Gasteiger partial charge on any atom is -0.353 e. The third-order valence-electron chi connectivity index (χ3n) is 5.98. The van der Waals surface area contributed by atoms with Crippen LogP contribution in [0.3, 0.4) is 0 Å². The molecule has 2 amide bonds. The first-order valence-electron chi connectivity index (χ1n) is 10.0. The maximum absolute atomic E-state index is 12.3. The molecule has 1 saturated carbocycles. The van der Waals surface area contributed by atoms with Crippen LogP contribution in [0, 0.1) is 5.92 Å². The Bertz CT molecular complexity index is 380. The summed E-state index contributed by atoms with van der Waals surface area (Å²) in [6.07, 6.45) is 11.3. The fourth-order valence-corrected chi connectivity index (χ4v) is 4.35. The zero-order valence-corrected chi connectivity index (χ0v) is 15.0. The van der Waals surface area contributed by atoms with Gasteiger partial charge in [-0.25, -0.2) is 0 Å². The molecule has 3 aliphatic rings. The van der Waals surface area contributed by atoms with E-state index >= 15 is 0 Å². The fraction of sp³-hybridized carbons (Fsp3) is 0.895. The molecule has 3 rings (SSSR count). The lowest BCUT2D eigenvalue weighted by Gasteiger charge is -2.35. The van der Waals surface area contributed by atoms with Crippen LogP contribution in [0.5, 0.6) is 0 Å². The molecule has 0 aromatic carbocycles. The quantitative estimate of drug-likeness (QED) is 0.856. The van der Waals surface area contributed by atoms with Gasteiger partial charge in [-0.05, 0) is 44.9 Å². The van der Waals surface area contributed by atoms with Crippen LogP contribution in [0.25, 0.3) is 0 Å². The summed E-state index contributed by atoms with van der Waals surface area (Å²) in [5, 5.41) is 3.26. The zero-order chi connectivity index (χ0) is 16.8. The molecule has 0 unspecified atom stereocenters. The van der Waals surface area contributed by atoms with Crippen LogP contribution in [0.15, 0.2) is 0 Å². The topological polar surface area (TPSA) is 52.7 Å². The summed E-state index contributed by atoms with van der Waals surface area (Å²) in [7, 11) is 0. The number of nitrogens with zero attached hydrogens (tertiary/aromatic N) is 2. The summed E-state index contributed by atoms with van der Waals surface area (Å²) in [5.74, 6) is 0.814. The van der Waals surface area contributed by atoms with Crippen molar-refractivity contribution in [3.05, 3.63) is 0 Å². The largest absolute Gasteiger partial charge is 0.353 e. The molecule has 2 aliphatic heterocycles. The smallest absolute Gasteiger partial charge is 0.236 e. The molecular weight excluding hydrogens is 302 g/mol. The summed E-state index contributed by atoms with van der Waals surface area (Å²) in [6.45, 7) is 4.28. The van der Waals surface area contributed by atoms with Gasteiger partial charge in [0.25, 0.3) is 0 Å². The van der Waals surface area contributed by atoms with Gasteiger partial charge in [-0.3, -0.25) is 14.5 Å². The van der Waals surface area contributed by atoms with E-state index in [0.717, 1.165) is 64.7 Å². The van der Waals surface area contributed by atoms with E-state index in [1.165, 1.54) is 25.7 Å². The molecule has 0 radical (unpaired) electrons. The molecule has 0 spiro atoms. The summed E-state index contributed by atoms with van der Waals surface area (Å²) in [6, 6.07) is 0.306. The summed E-state index contributed by atoms with van der Waals surface area (Å²) in [4.78, 5) is 29.0. The van der Waals surface area contributed by atoms with Gasteiger partial charge in [0.1, 0.15) is 0 Å². The van der Waals surface area contributed by atoms with E-state index in [4.69, 9.17) is 0 Å². The Morgan fingerprint density at radius 3 is 2.08 bits per heavy atom.